The molecule has 0 saturated carbocycles. The lowest BCUT2D eigenvalue weighted by Crippen LogP contribution is -1.67. The Hall–Kier alpha value is -1.58. The molecule has 0 radical (unpaired) electrons. The summed E-state index contributed by atoms with van der Waals surface area (Å²) in [6.45, 7) is 13.8. The fraction of sp³-hybridized carbons (Fsp3) is 0.571. The molecule has 0 fully saturated rings. The van der Waals surface area contributed by atoms with E-state index in [0.29, 0.717) is 0 Å². The number of aryl methyl sites for hydroxylation is 3. The van der Waals surface area contributed by atoms with Crippen LogP contribution in [0, 0.1) is 13.8 Å². The fourth-order valence-electron chi connectivity index (χ4n) is 0.856. The van der Waals surface area contributed by atoms with Gasteiger partial charge in [-0.2, -0.15) is 0 Å². The van der Waals surface area contributed by atoms with Gasteiger partial charge in [0.25, 0.3) is 0 Å². The Balaban J connectivity index is 0. The molecule has 18 heavy (non-hydrogen) atoms. The van der Waals surface area contributed by atoms with E-state index in [9.17, 15) is 0 Å². The van der Waals surface area contributed by atoms with Crippen LogP contribution in [0.15, 0.2) is 27.4 Å². The van der Waals surface area contributed by atoms with Gasteiger partial charge in [0.1, 0.15) is 12.0 Å². The second kappa shape index (κ2) is 13.5. The van der Waals surface area contributed by atoms with E-state index in [1.807, 2.05) is 54.5 Å². The van der Waals surface area contributed by atoms with Gasteiger partial charge in [0, 0.05) is 18.6 Å². The normalized spacial score (nSPS) is 7.94. The van der Waals surface area contributed by atoms with Crippen molar-refractivity contribution >= 4 is 0 Å². The number of aromatic nitrogens is 2. The molecule has 0 unspecified atom stereocenters. The van der Waals surface area contributed by atoms with Gasteiger partial charge in [0.05, 0.1) is 11.4 Å². The Morgan fingerprint density at radius 1 is 1.00 bits per heavy atom. The zero-order valence-corrected chi connectivity index (χ0v) is 12.7. The number of nitrogens with zero attached hydrogens (tertiary/aromatic N) is 2. The zero-order chi connectivity index (χ0) is 14.4. The molecule has 0 aliphatic heterocycles. The highest BCUT2D eigenvalue weighted by Crippen LogP contribution is 2.00. The molecule has 104 valence electrons. The van der Waals surface area contributed by atoms with Gasteiger partial charge in [0.2, 0.25) is 0 Å². The molecule has 0 amide bonds. The molecule has 2 heterocycles. The standard InChI is InChI=1S/C6H9NO.C4H5NO.2C2H6/c1-3-6-4-5(2)7-8-6;1-4-2-3-6-5-4;2*1-2/h4H,3H2,1-2H3;2-3H,1H3;2*1-2H3. The molecule has 0 saturated heterocycles. The molecule has 0 spiro atoms. The quantitative estimate of drug-likeness (QED) is 0.747. The van der Waals surface area contributed by atoms with Gasteiger partial charge in [-0.25, -0.2) is 0 Å². The van der Waals surface area contributed by atoms with Crippen LogP contribution in [-0.4, -0.2) is 10.3 Å². The molecule has 0 N–H and O–H groups in total. The first-order valence-corrected chi connectivity index (χ1v) is 6.51. The lowest BCUT2D eigenvalue weighted by Gasteiger charge is -1.76. The predicted molar refractivity (Wildman–Crippen MR) is 74.6 cm³/mol. The SMILES string of the molecule is CC.CC.CCc1cc(C)no1.Cc1ccon1. The van der Waals surface area contributed by atoms with E-state index in [2.05, 4.69) is 14.8 Å². The summed E-state index contributed by atoms with van der Waals surface area (Å²) >= 11 is 0. The van der Waals surface area contributed by atoms with Crippen molar-refractivity contribution in [2.45, 2.75) is 54.9 Å². The van der Waals surface area contributed by atoms with Crippen LogP contribution < -0.4 is 0 Å². The van der Waals surface area contributed by atoms with Crippen molar-refractivity contribution in [1.29, 1.82) is 0 Å². The minimum absolute atomic E-state index is 0.926. The number of hydrogen-bond donors (Lipinski definition) is 0. The highest BCUT2D eigenvalue weighted by atomic mass is 16.5. The van der Waals surface area contributed by atoms with Crippen LogP contribution >= 0.6 is 0 Å². The second-order valence-corrected chi connectivity index (χ2v) is 2.93. The molecule has 4 nitrogen and oxygen atoms in total. The summed E-state index contributed by atoms with van der Waals surface area (Å²) in [6, 6.07) is 3.75. The topological polar surface area (TPSA) is 52.1 Å². The highest BCUT2D eigenvalue weighted by Gasteiger charge is 1.93. The van der Waals surface area contributed by atoms with Crippen molar-refractivity contribution in [1.82, 2.24) is 10.3 Å². The van der Waals surface area contributed by atoms with Crippen molar-refractivity contribution in [3.63, 3.8) is 0 Å². The van der Waals surface area contributed by atoms with Crippen LogP contribution in [0.5, 0.6) is 0 Å². The van der Waals surface area contributed by atoms with Crippen LogP contribution in [0.1, 0.15) is 51.8 Å². The molecule has 0 aromatic carbocycles. The Morgan fingerprint density at radius 2 is 1.61 bits per heavy atom. The first kappa shape index (κ1) is 18.8. The van der Waals surface area contributed by atoms with Gasteiger partial charge in [-0.05, 0) is 13.8 Å². The second-order valence-electron chi connectivity index (χ2n) is 2.93. The number of rotatable bonds is 1. The third-order valence-electron chi connectivity index (χ3n) is 1.59. The molecular weight excluding hydrogens is 228 g/mol. The molecular formula is C14H26N2O2. The first-order valence-electron chi connectivity index (χ1n) is 6.51. The monoisotopic (exact) mass is 254 g/mol. The Bertz CT molecular complexity index is 354. The highest BCUT2D eigenvalue weighted by molar-refractivity contribution is 5.02. The van der Waals surface area contributed by atoms with Crippen molar-refractivity contribution in [3.05, 3.63) is 35.5 Å². The van der Waals surface area contributed by atoms with E-state index in [1.54, 1.807) is 12.3 Å². The Kier molecular flexibility index (Phi) is 14.1. The lowest BCUT2D eigenvalue weighted by molar-refractivity contribution is 0.383. The van der Waals surface area contributed by atoms with Crippen molar-refractivity contribution < 1.29 is 9.05 Å². The molecule has 2 rings (SSSR count). The molecule has 0 aliphatic rings. The molecule has 0 atom stereocenters. The van der Waals surface area contributed by atoms with Crippen LogP contribution in [0.25, 0.3) is 0 Å². The van der Waals surface area contributed by atoms with Crippen molar-refractivity contribution in [2.75, 3.05) is 0 Å². The summed E-state index contributed by atoms with van der Waals surface area (Å²) in [5.74, 6) is 0.961. The maximum atomic E-state index is 4.86. The fourth-order valence-corrected chi connectivity index (χ4v) is 0.856. The van der Waals surface area contributed by atoms with Crippen LogP contribution in [0.4, 0.5) is 0 Å². The summed E-state index contributed by atoms with van der Waals surface area (Å²) in [4.78, 5) is 0. The average molecular weight is 254 g/mol. The maximum Gasteiger partial charge on any atom is 0.136 e. The third-order valence-corrected chi connectivity index (χ3v) is 1.59. The van der Waals surface area contributed by atoms with Gasteiger partial charge < -0.3 is 9.05 Å². The van der Waals surface area contributed by atoms with Crippen LogP contribution in [0.2, 0.25) is 0 Å². The van der Waals surface area contributed by atoms with E-state index in [4.69, 9.17) is 4.52 Å². The van der Waals surface area contributed by atoms with E-state index >= 15 is 0 Å². The Labute approximate surface area is 110 Å². The van der Waals surface area contributed by atoms with Gasteiger partial charge in [0.15, 0.2) is 0 Å². The van der Waals surface area contributed by atoms with Gasteiger partial charge >= 0.3 is 0 Å². The average Bonchev–Trinajstić information content (AvgIpc) is 3.06. The van der Waals surface area contributed by atoms with Gasteiger partial charge in [-0.1, -0.05) is 44.9 Å². The summed E-state index contributed by atoms with van der Waals surface area (Å²) in [7, 11) is 0. The van der Waals surface area contributed by atoms with Crippen LogP contribution in [0.3, 0.4) is 0 Å². The van der Waals surface area contributed by atoms with Crippen LogP contribution in [-0.2, 0) is 6.42 Å². The summed E-state index contributed by atoms with van der Waals surface area (Å²) in [5.41, 5.74) is 1.89. The lowest BCUT2D eigenvalue weighted by atomic mass is 10.3. The summed E-state index contributed by atoms with van der Waals surface area (Å²) in [5, 5.41) is 7.25. The van der Waals surface area contributed by atoms with E-state index in [0.717, 1.165) is 23.6 Å². The first-order chi connectivity index (χ1) is 8.72. The number of hydrogen-bond acceptors (Lipinski definition) is 4. The smallest absolute Gasteiger partial charge is 0.136 e. The Morgan fingerprint density at radius 3 is 1.78 bits per heavy atom. The van der Waals surface area contributed by atoms with Gasteiger partial charge in [-0.15, -0.1) is 0 Å². The van der Waals surface area contributed by atoms with Crippen molar-refractivity contribution in [2.24, 2.45) is 0 Å². The minimum atomic E-state index is 0.926. The molecule has 0 bridgehead atoms. The maximum absolute atomic E-state index is 4.86. The molecule has 2 aromatic heterocycles. The predicted octanol–water partition coefficient (Wildman–Crippen LogP) is 4.58. The van der Waals surface area contributed by atoms with E-state index < -0.39 is 0 Å². The van der Waals surface area contributed by atoms with E-state index in [-0.39, 0.29) is 0 Å². The largest absolute Gasteiger partial charge is 0.365 e. The summed E-state index contributed by atoms with van der Waals surface area (Å²) in [6.07, 6.45) is 2.48. The minimum Gasteiger partial charge on any atom is -0.365 e. The van der Waals surface area contributed by atoms with E-state index in [1.165, 1.54) is 0 Å². The zero-order valence-electron chi connectivity index (χ0n) is 12.7. The molecule has 0 aliphatic carbocycles. The third kappa shape index (κ3) is 9.63. The van der Waals surface area contributed by atoms with Gasteiger partial charge in [-0.3, -0.25) is 0 Å². The molecule has 2 aromatic rings. The molecule has 4 heteroatoms. The van der Waals surface area contributed by atoms with Crippen molar-refractivity contribution in [3.8, 4) is 0 Å². The summed E-state index contributed by atoms with van der Waals surface area (Å²) < 4.78 is 9.33.